The second-order valence-electron chi connectivity index (χ2n) is 14.0. The monoisotopic (exact) mass is 468 g/mol. The van der Waals surface area contributed by atoms with Crippen LogP contribution in [-0.4, -0.2) is 0 Å². The van der Waals surface area contributed by atoms with Gasteiger partial charge in [0.05, 0.1) is 0 Å². The summed E-state index contributed by atoms with van der Waals surface area (Å²) >= 11 is 0. The van der Waals surface area contributed by atoms with Gasteiger partial charge in [-0.2, -0.15) is 0 Å². The van der Waals surface area contributed by atoms with Crippen LogP contribution in [0.2, 0.25) is 0 Å². The fourth-order valence-electron chi connectivity index (χ4n) is 5.94. The summed E-state index contributed by atoms with van der Waals surface area (Å²) < 4.78 is 0. The van der Waals surface area contributed by atoms with Crippen LogP contribution in [0.3, 0.4) is 0 Å². The summed E-state index contributed by atoms with van der Waals surface area (Å²) in [6, 6.07) is 12.3. The SMILES string of the molecule is CCC(C)(CC)C1=CCC(C(C)(C)c2cc(C(C)(C)C)cc3c2Cc2ccc(C(C)(C)C)cc2-3)=C1. The van der Waals surface area contributed by atoms with Gasteiger partial charge in [-0.15, -0.1) is 0 Å². The Morgan fingerprint density at radius 1 is 0.714 bits per heavy atom. The Balaban J connectivity index is 1.88. The molecule has 0 N–H and O–H groups in total. The molecule has 2 aromatic carbocycles. The lowest BCUT2D eigenvalue weighted by atomic mass is 9.71. The number of fused-ring (bicyclic) bond motifs is 3. The van der Waals surface area contributed by atoms with Crippen molar-refractivity contribution >= 4 is 0 Å². The number of hydrogen-bond acceptors (Lipinski definition) is 0. The molecule has 0 amide bonds. The van der Waals surface area contributed by atoms with Crippen LogP contribution in [0.4, 0.5) is 0 Å². The van der Waals surface area contributed by atoms with Gasteiger partial charge >= 0.3 is 0 Å². The Hall–Kier alpha value is -2.08. The zero-order chi connectivity index (χ0) is 26.0. The predicted molar refractivity (Wildman–Crippen MR) is 155 cm³/mol. The molecule has 0 saturated heterocycles. The van der Waals surface area contributed by atoms with E-state index in [9.17, 15) is 0 Å². The molecule has 2 aliphatic rings. The normalized spacial score (nSPS) is 16.2. The quantitative estimate of drug-likeness (QED) is 0.349. The Kier molecular flexibility index (Phi) is 6.31. The summed E-state index contributed by atoms with van der Waals surface area (Å²) in [5, 5.41) is 0. The molecule has 0 spiro atoms. The Morgan fingerprint density at radius 2 is 1.31 bits per heavy atom. The predicted octanol–water partition coefficient (Wildman–Crippen LogP) is 10.2. The highest BCUT2D eigenvalue weighted by atomic mass is 14.4. The fraction of sp³-hybridized carbons (Fsp3) is 0.543. The van der Waals surface area contributed by atoms with E-state index in [2.05, 4.69) is 119 Å². The third kappa shape index (κ3) is 4.47. The van der Waals surface area contributed by atoms with E-state index in [1.807, 2.05) is 0 Å². The highest BCUT2D eigenvalue weighted by molar-refractivity contribution is 5.80. The van der Waals surface area contributed by atoms with Gasteiger partial charge in [0.15, 0.2) is 0 Å². The van der Waals surface area contributed by atoms with Gasteiger partial charge in [0.1, 0.15) is 0 Å². The van der Waals surface area contributed by atoms with Crippen LogP contribution in [0.15, 0.2) is 53.6 Å². The first-order valence-corrected chi connectivity index (χ1v) is 13.8. The second-order valence-corrected chi connectivity index (χ2v) is 14.0. The molecule has 188 valence electrons. The molecule has 0 unspecified atom stereocenters. The van der Waals surface area contributed by atoms with E-state index in [0.717, 1.165) is 12.8 Å². The smallest absolute Gasteiger partial charge is 0.0115 e. The average molecular weight is 469 g/mol. The molecule has 0 saturated carbocycles. The van der Waals surface area contributed by atoms with Crippen molar-refractivity contribution in [2.24, 2.45) is 5.41 Å². The van der Waals surface area contributed by atoms with Gasteiger partial charge in [-0.1, -0.05) is 124 Å². The van der Waals surface area contributed by atoms with Crippen molar-refractivity contribution in [1.82, 2.24) is 0 Å². The summed E-state index contributed by atoms with van der Waals surface area (Å²) in [5.74, 6) is 0. The van der Waals surface area contributed by atoms with E-state index in [1.165, 1.54) is 46.2 Å². The van der Waals surface area contributed by atoms with Crippen molar-refractivity contribution in [2.45, 2.75) is 118 Å². The molecule has 0 fully saturated rings. The maximum Gasteiger partial charge on any atom is 0.0115 e. The molecule has 35 heavy (non-hydrogen) atoms. The van der Waals surface area contributed by atoms with Crippen LogP contribution in [0.25, 0.3) is 11.1 Å². The maximum absolute atomic E-state index is 2.56. The van der Waals surface area contributed by atoms with E-state index < -0.39 is 0 Å². The van der Waals surface area contributed by atoms with E-state index >= 15 is 0 Å². The topological polar surface area (TPSA) is 0 Å². The highest BCUT2D eigenvalue weighted by Crippen LogP contribution is 2.50. The number of allylic oxidation sites excluding steroid dienone is 4. The molecule has 0 radical (unpaired) electrons. The second kappa shape index (κ2) is 8.50. The van der Waals surface area contributed by atoms with Crippen molar-refractivity contribution in [3.8, 4) is 11.1 Å². The van der Waals surface area contributed by atoms with Crippen molar-refractivity contribution in [3.05, 3.63) is 81.4 Å². The van der Waals surface area contributed by atoms with E-state index in [-0.39, 0.29) is 21.7 Å². The van der Waals surface area contributed by atoms with Crippen LogP contribution in [0, 0.1) is 5.41 Å². The summed E-state index contributed by atoms with van der Waals surface area (Å²) in [6.45, 7) is 26.1. The summed E-state index contributed by atoms with van der Waals surface area (Å²) in [6.07, 6.45) is 9.59. The zero-order valence-electron chi connectivity index (χ0n) is 24.4. The lowest BCUT2D eigenvalue weighted by molar-refractivity contribution is 0.377. The number of benzene rings is 2. The first-order chi connectivity index (χ1) is 16.1. The Bertz CT molecular complexity index is 1190. The molecular formula is C35H48. The van der Waals surface area contributed by atoms with Gasteiger partial charge in [-0.05, 0) is 86.4 Å². The minimum atomic E-state index is 0.000879. The first kappa shape index (κ1) is 26.0. The zero-order valence-corrected chi connectivity index (χ0v) is 24.4. The number of hydrogen-bond donors (Lipinski definition) is 0. The van der Waals surface area contributed by atoms with Gasteiger partial charge < -0.3 is 0 Å². The van der Waals surface area contributed by atoms with Crippen LogP contribution in [-0.2, 0) is 22.7 Å². The molecule has 2 aromatic rings. The van der Waals surface area contributed by atoms with E-state index in [4.69, 9.17) is 0 Å². The van der Waals surface area contributed by atoms with Crippen molar-refractivity contribution in [2.75, 3.05) is 0 Å². The van der Waals surface area contributed by atoms with Crippen LogP contribution >= 0.6 is 0 Å². The van der Waals surface area contributed by atoms with Crippen LogP contribution < -0.4 is 0 Å². The molecule has 0 bridgehead atoms. The minimum Gasteiger partial charge on any atom is -0.0767 e. The van der Waals surface area contributed by atoms with Gasteiger partial charge in [0.2, 0.25) is 0 Å². The molecule has 0 heterocycles. The van der Waals surface area contributed by atoms with E-state index in [0.29, 0.717) is 0 Å². The van der Waals surface area contributed by atoms with Crippen molar-refractivity contribution in [1.29, 1.82) is 0 Å². The third-order valence-corrected chi connectivity index (χ3v) is 9.35. The van der Waals surface area contributed by atoms with Crippen molar-refractivity contribution in [3.63, 3.8) is 0 Å². The van der Waals surface area contributed by atoms with Gasteiger partial charge in [0, 0.05) is 5.41 Å². The largest absolute Gasteiger partial charge is 0.0767 e. The average Bonchev–Trinajstić information content (AvgIpc) is 3.42. The Labute approximate surface area is 215 Å². The fourth-order valence-corrected chi connectivity index (χ4v) is 5.94. The summed E-state index contributed by atoms with van der Waals surface area (Å²) in [4.78, 5) is 0. The molecule has 0 aliphatic heterocycles. The van der Waals surface area contributed by atoms with Gasteiger partial charge in [-0.3, -0.25) is 0 Å². The highest BCUT2D eigenvalue weighted by Gasteiger charge is 2.36. The third-order valence-electron chi connectivity index (χ3n) is 9.35. The van der Waals surface area contributed by atoms with Crippen LogP contribution in [0.5, 0.6) is 0 Å². The standard InChI is InChI=1S/C35H48/c1-12-35(11,13-2)26-17-16-25(19-26)34(9,10)31-22-27(33(6,7)8)21-29-28-20-24(32(3,4)5)15-14-23(28)18-30(29)31/h14-15,17,19-22H,12-13,16,18H2,1-11H3. The number of rotatable bonds is 5. The molecule has 0 heteroatoms. The molecule has 0 atom stereocenters. The lowest BCUT2D eigenvalue weighted by Gasteiger charge is -2.33. The van der Waals surface area contributed by atoms with Gasteiger partial charge in [-0.25, -0.2) is 0 Å². The lowest BCUT2D eigenvalue weighted by Crippen LogP contribution is -2.24. The maximum atomic E-state index is 2.56. The molecule has 0 nitrogen and oxygen atoms in total. The molecule has 2 aliphatic carbocycles. The first-order valence-electron chi connectivity index (χ1n) is 13.8. The summed E-state index contributed by atoms with van der Waals surface area (Å²) in [7, 11) is 0. The molecular weight excluding hydrogens is 420 g/mol. The van der Waals surface area contributed by atoms with E-state index in [1.54, 1.807) is 16.7 Å². The minimum absolute atomic E-state index is 0.000879. The van der Waals surface area contributed by atoms with Crippen LogP contribution in [0.1, 0.15) is 123 Å². The molecule has 0 aromatic heterocycles. The van der Waals surface area contributed by atoms with Gasteiger partial charge in [0.25, 0.3) is 0 Å². The van der Waals surface area contributed by atoms with Crippen molar-refractivity contribution < 1.29 is 0 Å². The Morgan fingerprint density at radius 3 is 1.89 bits per heavy atom. The molecule has 4 rings (SSSR count). The summed E-state index contributed by atoms with van der Waals surface area (Å²) in [5.41, 5.74) is 14.0.